The monoisotopic (exact) mass is 416 g/mol. The van der Waals surface area contributed by atoms with E-state index < -0.39 is 6.03 Å². The number of carbonyl (C=O) groups excluding carboxylic acids is 2. The summed E-state index contributed by atoms with van der Waals surface area (Å²) in [7, 11) is 0. The van der Waals surface area contributed by atoms with Gasteiger partial charge in [-0.2, -0.15) is 0 Å². The number of aromatic nitrogens is 1. The van der Waals surface area contributed by atoms with Crippen LogP contribution in [0, 0.1) is 0 Å². The second kappa shape index (κ2) is 8.34. The van der Waals surface area contributed by atoms with Crippen LogP contribution in [0.25, 0.3) is 21.5 Å². The van der Waals surface area contributed by atoms with E-state index in [0.717, 1.165) is 27.0 Å². The number of anilines is 1. The summed E-state index contributed by atoms with van der Waals surface area (Å²) in [6.45, 7) is 1.91. The molecule has 4 aromatic rings. The van der Waals surface area contributed by atoms with Crippen molar-refractivity contribution < 1.29 is 9.59 Å². The van der Waals surface area contributed by atoms with Gasteiger partial charge >= 0.3 is 6.03 Å². The highest BCUT2D eigenvalue weighted by Gasteiger charge is 2.17. The molecular weight excluding hydrogens is 396 g/mol. The van der Waals surface area contributed by atoms with Crippen LogP contribution < -0.4 is 16.4 Å². The Hall–Kier alpha value is -3.71. The lowest BCUT2D eigenvalue weighted by Gasteiger charge is -2.16. The largest absolute Gasteiger partial charge is 0.351 e. The Bertz CT molecular complexity index is 1200. The Morgan fingerprint density at radius 3 is 2.50 bits per heavy atom. The molecule has 1 atom stereocenters. The molecule has 1 unspecified atom stereocenters. The lowest BCUT2D eigenvalue weighted by molar-refractivity contribution is 0.0941. The summed E-state index contributed by atoms with van der Waals surface area (Å²) in [5, 5.41) is 8.38. The Balaban J connectivity index is 1.62. The second-order valence-electron chi connectivity index (χ2n) is 6.86. The highest BCUT2D eigenvalue weighted by molar-refractivity contribution is 7.13. The molecule has 2 aromatic carbocycles. The molecule has 4 N–H and O–H groups in total. The van der Waals surface area contributed by atoms with Gasteiger partial charge in [0.15, 0.2) is 0 Å². The highest BCUT2D eigenvalue weighted by Crippen LogP contribution is 2.28. The van der Waals surface area contributed by atoms with Crippen LogP contribution in [0.15, 0.2) is 72.1 Å². The molecular formula is C23H20N4O2S. The van der Waals surface area contributed by atoms with E-state index in [1.807, 2.05) is 66.9 Å². The molecule has 0 fully saturated rings. The van der Waals surface area contributed by atoms with E-state index >= 15 is 0 Å². The van der Waals surface area contributed by atoms with Gasteiger partial charge in [0.25, 0.3) is 5.91 Å². The number of hydrogen-bond donors (Lipinski definition) is 3. The van der Waals surface area contributed by atoms with Gasteiger partial charge in [0.1, 0.15) is 0 Å². The van der Waals surface area contributed by atoms with E-state index in [9.17, 15) is 9.59 Å². The third kappa shape index (κ3) is 4.16. The predicted molar refractivity (Wildman–Crippen MR) is 121 cm³/mol. The van der Waals surface area contributed by atoms with Gasteiger partial charge in [-0.3, -0.25) is 4.79 Å². The normalized spacial score (nSPS) is 11.8. The molecule has 0 aliphatic heterocycles. The van der Waals surface area contributed by atoms with Crippen molar-refractivity contribution in [2.45, 2.75) is 13.0 Å². The van der Waals surface area contributed by atoms with Crippen molar-refractivity contribution in [1.29, 1.82) is 0 Å². The highest BCUT2D eigenvalue weighted by atomic mass is 32.1. The predicted octanol–water partition coefficient (Wildman–Crippen LogP) is 4.94. The zero-order valence-electron chi connectivity index (χ0n) is 16.3. The fraction of sp³-hybridized carbons (Fsp3) is 0.0870. The molecule has 2 heterocycles. The lowest BCUT2D eigenvalue weighted by atomic mass is 10.0. The number of para-hydroxylation sites is 1. The van der Waals surface area contributed by atoms with Crippen molar-refractivity contribution in [3.63, 3.8) is 0 Å². The average Bonchev–Trinajstić information content (AvgIpc) is 3.28. The maximum Gasteiger partial charge on any atom is 0.316 e. The minimum absolute atomic E-state index is 0.168. The number of hydrogen-bond acceptors (Lipinski definition) is 4. The van der Waals surface area contributed by atoms with Crippen LogP contribution in [0.4, 0.5) is 10.5 Å². The Kier molecular flexibility index (Phi) is 5.45. The van der Waals surface area contributed by atoms with Crippen molar-refractivity contribution in [3.05, 3.63) is 83.2 Å². The summed E-state index contributed by atoms with van der Waals surface area (Å²) in [6.07, 6.45) is 0. The molecule has 0 spiro atoms. The van der Waals surface area contributed by atoms with E-state index in [1.54, 1.807) is 23.5 Å². The number of rotatable bonds is 5. The quantitative estimate of drug-likeness (QED) is 0.430. The zero-order valence-corrected chi connectivity index (χ0v) is 17.1. The van der Waals surface area contributed by atoms with Gasteiger partial charge in [-0.05, 0) is 48.2 Å². The Labute approximate surface area is 177 Å². The summed E-state index contributed by atoms with van der Waals surface area (Å²) in [5.74, 6) is -0.168. The first-order chi connectivity index (χ1) is 14.5. The first-order valence-electron chi connectivity index (χ1n) is 9.42. The summed E-state index contributed by atoms with van der Waals surface area (Å²) in [4.78, 5) is 29.9. The zero-order chi connectivity index (χ0) is 21.1. The number of benzene rings is 2. The van der Waals surface area contributed by atoms with Crippen LogP contribution in [0.5, 0.6) is 0 Å². The van der Waals surface area contributed by atoms with Gasteiger partial charge in [0, 0.05) is 11.1 Å². The molecule has 7 heteroatoms. The third-order valence-corrected chi connectivity index (χ3v) is 5.65. The number of nitrogens with zero attached hydrogens (tertiary/aromatic N) is 1. The SMILES string of the molecule is CC(NC(=O)c1cc(-c2cccs2)nc2ccccc12)c1ccc(NC(N)=O)cc1. The van der Waals surface area contributed by atoms with Gasteiger partial charge in [-0.15, -0.1) is 11.3 Å². The standard InChI is InChI=1S/C23H20N4O2S/c1-14(15-8-10-16(11-9-15)26-23(24)29)25-22(28)18-13-20(21-7-4-12-30-21)27-19-6-3-2-5-17(18)19/h2-14H,1H3,(H,25,28)(H3,24,26,29). The van der Waals surface area contributed by atoms with E-state index in [4.69, 9.17) is 10.7 Å². The molecule has 0 saturated heterocycles. The molecule has 0 radical (unpaired) electrons. The van der Waals surface area contributed by atoms with E-state index in [0.29, 0.717) is 11.3 Å². The number of carbonyl (C=O) groups is 2. The maximum atomic E-state index is 13.2. The molecule has 3 amide bonds. The van der Waals surface area contributed by atoms with Crippen molar-refractivity contribution in [2.75, 3.05) is 5.32 Å². The molecule has 0 aliphatic rings. The molecule has 150 valence electrons. The molecule has 0 saturated carbocycles. The number of fused-ring (bicyclic) bond motifs is 1. The van der Waals surface area contributed by atoms with Crippen LogP contribution in [-0.2, 0) is 0 Å². The van der Waals surface area contributed by atoms with Crippen LogP contribution in [0.3, 0.4) is 0 Å². The van der Waals surface area contributed by atoms with Crippen molar-refractivity contribution in [3.8, 4) is 10.6 Å². The molecule has 0 aliphatic carbocycles. The smallest absolute Gasteiger partial charge is 0.316 e. The van der Waals surface area contributed by atoms with Gasteiger partial charge in [-0.1, -0.05) is 36.4 Å². The number of primary amides is 1. The van der Waals surface area contributed by atoms with E-state index in [1.165, 1.54) is 0 Å². The fourth-order valence-corrected chi connectivity index (χ4v) is 3.96. The summed E-state index contributed by atoms with van der Waals surface area (Å²) >= 11 is 1.59. The topological polar surface area (TPSA) is 97.1 Å². The number of pyridine rings is 1. The Morgan fingerprint density at radius 1 is 1.03 bits per heavy atom. The minimum atomic E-state index is -0.616. The van der Waals surface area contributed by atoms with Crippen LogP contribution in [0.1, 0.15) is 28.9 Å². The summed E-state index contributed by atoms with van der Waals surface area (Å²) in [5.41, 5.74) is 8.80. The molecule has 30 heavy (non-hydrogen) atoms. The number of thiophene rings is 1. The molecule has 0 bridgehead atoms. The van der Waals surface area contributed by atoms with Crippen molar-refractivity contribution in [2.24, 2.45) is 5.73 Å². The lowest BCUT2D eigenvalue weighted by Crippen LogP contribution is -2.27. The van der Waals surface area contributed by atoms with Gasteiger partial charge in [0.2, 0.25) is 0 Å². The fourth-order valence-electron chi connectivity index (χ4n) is 3.27. The molecule has 2 aromatic heterocycles. The number of amides is 3. The number of urea groups is 1. The van der Waals surface area contributed by atoms with E-state index in [2.05, 4.69) is 10.6 Å². The van der Waals surface area contributed by atoms with E-state index in [-0.39, 0.29) is 11.9 Å². The molecule has 6 nitrogen and oxygen atoms in total. The van der Waals surface area contributed by atoms with Crippen LogP contribution >= 0.6 is 11.3 Å². The first kappa shape index (κ1) is 19.6. The number of nitrogens with one attached hydrogen (secondary N) is 2. The van der Waals surface area contributed by atoms with Gasteiger partial charge < -0.3 is 16.4 Å². The Morgan fingerprint density at radius 2 is 1.80 bits per heavy atom. The summed E-state index contributed by atoms with van der Waals surface area (Å²) < 4.78 is 0. The number of nitrogens with two attached hydrogens (primary N) is 1. The van der Waals surface area contributed by atoms with Gasteiger partial charge in [-0.25, -0.2) is 9.78 Å². The third-order valence-electron chi connectivity index (χ3n) is 4.76. The van der Waals surface area contributed by atoms with Crippen molar-refractivity contribution in [1.82, 2.24) is 10.3 Å². The minimum Gasteiger partial charge on any atom is -0.351 e. The maximum absolute atomic E-state index is 13.2. The van der Waals surface area contributed by atoms with Crippen LogP contribution in [0.2, 0.25) is 0 Å². The summed E-state index contributed by atoms with van der Waals surface area (Å²) in [6, 6.07) is 19.8. The second-order valence-corrected chi connectivity index (χ2v) is 7.80. The van der Waals surface area contributed by atoms with Gasteiger partial charge in [0.05, 0.1) is 27.7 Å². The van der Waals surface area contributed by atoms with Crippen LogP contribution in [-0.4, -0.2) is 16.9 Å². The van der Waals surface area contributed by atoms with Crippen molar-refractivity contribution >= 4 is 39.9 Å². The molecule has 4 rings (SSSR count). The first-order valence-corrected chi connectivity index (χ1v) is 10.3. The average molecular weight is 417 g/mol.